The molecule has 1 heterocycles. The predicted octanol–water partition coefficient (Wildman–Crippen LogP) is 2.44. The Bertz CT molecular complexity index is 757. The zero-order chi connectivity index (χ0) is 17.1. The van der Waals surface area contributed by atoms with Crippen LogP contribution in [-0.4, -0.2) is 32.3 Å². The summed E-state index contributed by atoms with van der Waals surface area (Å²) in [7, 11) is 0. The number of phenolic OH excluding ortho intramolecular Hbond substituents is 1. The van der Waals surface area contributed by atoms with Crippen molar-refractivity contribution in [2.24, 2.45) is 5.29 Å². The molecule has 7 nitrogen and oxygen atoms in total. The third-order valence-electron chi connectivity index (χ3n) is 3.97. The lowest BCUT2D eigenvalue weighted by Crippen LogP contribution is -2.39. The van der Waals surface area contributed by atoms with Crippen LogP contribution in [0.15, 0.2) is 34.3 Å². The fourth-order valence-electron chi connectivity index (χ4n) is 2.82. The fourth-order valence-corrected chi connectivity index (χ4v) is 2.82. The molecule has 0 saturated heterocycles. The summed E-state index contributed by atoms with van der Waals surface area (Å²) < 4.78 is 0. The van der Waals surface area contributed by atoms with E-state index in [-0.39, 0.29) is 22.9 Å². The zero-order valence-electron chi connectivity index (χ0n) is 13.4. The van der Waals surface area contributed by atoms with Gasteiger partial charge in [-0.05, 0) is 38.0 Å². The average Bonchev–Trinajstić information content (AvgIpc) is 2.52. The highest BCUT2D eigenvalue weighted by Crippen LogP contribution is 2.33. The number of aromatic amines is 1. The lowest BCUT2D eigenvalue weighted by Gasteiger charge is -2.32. The highest BCUT2D eigenvalue weighted by Gasteiger charge is 2.29. The topological polar surface area (TPSA) is 106 Å². The molecule has 0 aliphatic heterocycles. The van der Waals surface area contributed by atoms with Crippen molar-refractivity contribution in [1.29, 1.82) is 0 Å². The third kappa shape index (κ3) is 3.19. The van der Waals surface area contributed by atoms with E-state index < -0.39 is 12.1 Å². The molecule has 1 aromatic carbocycles. The summed E-state index contributed by atoms with van der Waals surface area (Å²) in [4.78, 5) is 25.1. The second kappa shape index (κ2) is 6.78. The Balaban J connectivity index is 2.56. The van der Waals surface area contributed by atoms with Crippen molar-refractivity contribution >= 4 is 10.9 Å². The molecular weight excluding hydrogens is 298 g/mol. The highest BCUT2D eigenvalue weighted by atomic mass is 16.3. The van der Waals surface area contributed by atoms with Crippen LogP contribution in [0.5, 0.6) is 5.75 Å². The predicted molar refractivity (Wildman–Crippen MR) is 88.0 cm³/mol. The minimum Gasteiger partial charge on any atom is -0.506 e. The van der Waals surface area contributed by atoms with Gasteiger partial charge < -0.3 is 15.2 Å². The van der Waals surface area contributed by atoms with Crippen LogP contribution in [0, 0.1) is 4.91 Å². The number of rotatable bonds is 6. The number of aliphatic hydroxyl groups is 1. The molecule has 0 aliphatic carbocycles. The number of nitrogens with zero attached hydrogens (tertiary/aromatic N) is 2. The van der Waals surface area contributed by atoms with Crippen LogP contribution >= 0.6 is 0 Å². The Hall–Kier alpha value is -2.41. The van der Waals surface area contributed by atoms with Gasteiger partial charge in [0.15, 0.2) is 0 Å². The minimum absolute atomic E-state index is 0.0732. The van der Waals surface area contributed by atoms with E-state index in [9.17, 15) is 19.9 Å². The molecule has 0 radical (unpaired) electrons. The van der Waals surface area contributed by atoms with Crippen LogP contribution in [0.3, 0.4) is 0 Å². The normalized spacial score (nSPS) is 14.0. The van der Waals surface area contributed by atoms with Gasteiger partial charge in [0.25, 0.3) is 0 Å². The first-order valence-corrected chi connectivity index (χ1v) is 7.55. The molecule has 0 unspecified atom stereocenters. The number of pyridine rings is 1. The Morgan fingerprint density at radius 2 is 1.96 bits per heavy atom. The van der Waals surface area contributed by atoms with Crippen LogP contribution in [0.4, 0.5) is 0 Å². The SMILES string of the molecule is CC[C@H]([C@@H](O)c1ccc(O)c2[nH]c(=O)ccc12)N(N=O)C(C)C. The summed E-state index contributed by atoms with van der Waals surface area (Å²) in [6.07, 6.45) is -0.481. The van der Waals surface area contributed by atoms with Crippen molar-refractivity contribution in [3.8, 4) is 5.75 Å². The zero-order valence-corrected chi connectivity index (χ0v) is 13.4. The highest BCUT2D eigenvalue weighted by molar-refractivity contribution is 5.87. The molecule has 0 fully saturated rings. The molecule has 0 spiro atoms. The monoisotopic (exact) mass is 319 g/mol. The van der Waals surface area contributed by atoms with Gasteiger partial charge in [-0.1, -0.05) is 13.0 Å². The standard InChI is InChI=1S/C16H21N3O4/c1-4-12(19(18-23)9(2)3)16(22)11-5-7-13(20)15-10(11)6-8-14(21)17-15/h5-9,12,16,20,22H,4H2,1-3H3,(H,17,21)/t12-,16+/m1/s1. The molecule has 0 saturated carbocycles. The first-order chi connectivity index (χ1) is 10.9. The number of phenols is 1. The van der Waals surface area contributed by atoms with Gasteiger partial charge in [0, 0.05) is 17.5 Å². The van der Waals surface area contributed by atoms with Gasteiger partial charge >= 0.3 is 0 Å². The third-order valence-corrected chi connectivity index (χ3v) is 3.97. The van der Waals surface area contributed by atoms with Crippen LogP contribution in [0.2, 0.25) is 0 Å². The molecule has 2 rings (SSSR count). The van der Waals surface area contributed by atoms with Gasteiger partial charge in [0.1, 0.15) is 11.9 Å². The quantitative estimate of drug-likeness (QED) is 0.560. The summed E-state index contributed by atoms with van der Waals surface area (Å²) in [5, 5.41) is 25.6. The summed E-state index contributed by atoms with van der Waals surface area (Å²) in [6.45, 7) is 5.51. The van der Waals surface area contributed by atoms with Crippen LogP contribution in [0.25, 0.3) is 10.9 Å². The second-order valence-electron chi connectivity index (χ2n) is 5.76. The number of nitroso groups, excluding NO2 is 1. The van der Waals surface area contributed by atoms with Crippen molar-refractivity contribution < 1.29 is 10.2 Å². The largest absolute Gasteiger partial charge is 0.506 e. The molecule has 124 valence electrons. The second-order valence-corrected chi connectivity index (χ2v) is 5.76. The number of benzene rings is 1. The number of aromatic hydroxyl groups is 1. The van der Waals surface area contributed by atoms with E-state index in [0.717, 1.165) is 0 Å². The van der Waals surface area contributed by atoms with Gasteiger partial charge in [0.05, 0.1) is 16.8 Å². The molecule has 23 heavy (non-hydrogen) atoms. The molecule has 1 aromatic heterocycles. The summed E-state index contributed by atoms with van der Waals surface area (Å²) in [5.41, 5.74) is 0.444. The Morgan fingerprint density at radius 3 is 2.52 bits per heavy atom. The maximum atomic E-state index is 11.5. The van der Waals surface area contributed by atoms with Gasteiger partial charge in [0.2, 0.25) is 5.56 Å². The van der Waals surface area contributed by atoms with Gasteiger partial charge in [-0.25, -0.2) is 0 Å². The van der Waals surface area contributed by atoms with Crippen molar-refractivity contribution in [1.82, 2.24) is 9.99 Å². The lowest BCUT2D eigenvalue weighted by molar-refractivity contribution is 0.0293. The van der Waals surface area contributed by atoms with Crippen molar-refractivity contribution in [2.75, 3.05) is 0 Å². The molecule has 2 atom stereocenters. The first-order valence-electron chi connectivity index (χ1n) is 7.55. The van der Waals surface area contributed by atoms with Crippen LogP contribution in [-0.2, 0) is 0 Å². The minimum atomic E-state index is -0.992. The van der Waals surface area contributed by atoms with Crippen molar-refractivity contribution in [3.63, 3.8) is 0 Å². The Labute approximate surface area is 133 Å². The van der Waals surface area contributed by atoms with E-state index in [4.69, 9.17) is 0 Å². The van der Waals surface area contributed by atoms with Gasteiger partial charge in [-0.3, -0.25) is 9.80 Å². The van der Waals surface area contributed by atoms with E-state index in [2.05, 4.69) is 10.3 Å². The Morgan fingerprint density at radius 1 is 1.26 bits per heavy atom. The molecule has 0 aliphatic rings. The molecule has 3 N–H and O–H groups in total. The smallest absolute Gasteiger partial charge is 0.248 e. The lowest BCUT2D eigenvalue weighted by atomic mass is 9.95. The maximum Gasteiger partial charge on any atom is 0.248 e. The summed E-state index contributed by atoms with van der Waals surface area (Å²) in [5.74, 6) is -0.0732. The van der Waals surface area contributed by atoms with Crippen LogP contribution in [0.1, 0.15) is 38.9 Å². The van der Waals surface area contributed by atoms with Crippen molar-refractivity contribution in [3.05, 3.63) is 45.1 Å². The fraction of sp³-hybridized carbons (Fsp3) is 0.438. The number of hydrogen-bond acceptors (Lipinski definition) is 5. The number of fused-ring (bicyclic) bond motifs is 1. The maximum absolute atomic E-state index is 11.5. The number of H-pyrrole nitrogens is 1. The molecule has 7 heteroatoms. The van der Waals surface area contributed by atoms with Crippen LogP contribution < -0.4 is 5.56 Å². The van der Waals surface area contributed by atoms with Gasteiger partial charge in [-0.2, -0.15) is 0 Å². The van der Waals surface area contributed by atoms with Gasteiger partial charge in [-0.15, -0.1) is 4.91 Å². The molecule has 0 bridgehead atoms. The number of hydrogen-bond donors (Lipinski definition) is 3. The first kappa shape index (κ1) is 17.0. The summed E-state index contributed by atoms with van der Waals surface area (Å²) in [6, 6.07) is 5.22. The number of aromatic nitrogens is 1. The molecule has 0 amide bonds. The van der Waals surface area contributed by atoms with Crippen molar-refractivity contribution in [2.45, 2.75) is 45.4 Å². The average molecular weight is 319 g/mol. The van der Waals surface area contributed by atoms with E-state index >= 15 is 0 Å². The van der Waals surface area contributed by atoms with E-state index in [1.165, 1.54) is 17.1 Å². The number of nitrogens with one attached hydrogen (secondary N) is 1. The summed E-state index contributed by atoms with van der Waals surface area (Å²) >= 11 is 0. The Kier molecular flexibility index (Phi) is 5.00. The number of aliphatic hydroxyl groups excluding tert-OH is 1. The van der Waals surface area contributed by atoms with E-state index in [1.807, 2.05) is 20.8 Å². The molecule has 2 aromatic rings. The molecular formula is C16H21N3O4. The van der Waals surface area contributed by atoms with E-state index in [0.29, 0.717) is 17.4 Å². The van der Waals surface area contributed by atoms with E-state index in [1.54, 1.807) is 12.1 Å².